The third-order valence-corrected chi connectivity index (χ3v) is 4.50. The summed E-state index contributed by atoms with van der Waals surface area (Å²) in [5.74, 6) is -1.28. The number of fused-ring (bicyclic) bond motifs is 1. The van der Waals surface area contributed by atoms with Crippen molar-refractivity contribution < 1.29 is 23.8 Å². The molecule has 1 saturated heterocycles. The summed E-state index contributed by atoms with van der Waals surface area (Å²) in [6.07, 6.45) is 1.17. The molecule has 0 aromatic heterocycles. The first-order chi connectivity index (χ1) is 11.0. The summed E-state index contributed by atoms with van der Waals surface area (Å²) in [5, 5.41) is 12.1. The summed E-state index contributed by atoms with van der Waals surface area (Å²) in [5.41, 5.74) is 1.14. The molecule has 3 rings (SSSR count). The number of likely N-dealkylation sites (tertiary alicyclic amines) is 1. The van der Waals surface area contributed by atoms with Crippen molar-refractivity contribution in [3.63, 3.8) is 0 Å². The first-order valence-electron chi connectivity index (χ1n) is 7.60. The Morgan fingerprint density at radius 1 is 1.48 bits per heavy atom. The molecule has 2 N–H and O–H groups in total. The number of anilines is 1. The van der Waals surface area contributed by atoms with Crippen molar-refractivity contribution in [1.29, 1.82) is 0 Å². The zero-order valence-electron chi connectivity index (χ0n) is 12.8. The van der Waals surface area contributed by atoms with Crippen LogP contribution in [0.15, 0.2) is 12.1 Å². The van der Waals surface area contributed by atoms with Crippen molar-refractivity contribution in [2.24, 2.45) is 0 Å². The number of aliphatic hydroxyl groups is 1. The van der Waals surface area contributed by atoms with Crippen LogP contribution in [-0.4, -0.2) is 54.2 Å². The number of halogens is 1. The molecular weight excluding hydrogens is 303 g/mol. The number of hydrogen-bond donors (Lipinski definition) is 2. The molecule has 6 nitrogen and oxygen atoms in total. The van der Waals surface area contributed by atoms with Crippen LogP contribution < -0.4 is 5.32 Å². The third-order valence-electron chi connectivity index (χ3n) is 4.50. The zero-order valence-corrected chi connectivity index (χ0v) is 12.8. The number of benzene rings is 1. The van der Waals surface area contributed by atoms with Crippen LogP contribution in [0.3, 0.4) is 0 Å². The van der Waals surface area contributed by atoms with E-state index in [1.807, 2.05) is 0 Å². The summed E-state index contributed by atoms with van der Waals surface area (Å²) in [6.45, 7) is 0.141. The van der Waals surface area contributed by atoms with Crippen LogP contribution in [-0.2, 0) is 16.0 Å². The number of ether oxygens (including phenoxy) is 1. The van der Waals surface area contributed by atoms with Crippen molar-refractivity contribution in [2.45, 2.75) is 31.4 Å². The normalized spacial score (nSPS) is 23.6. The number of aryl methyl sites for hydroxylation is 1. The predicted molar refractivity (Wildman–Crippen MR) is 80.7 cm³/mol. The monoisotopic (exact) mass is 322 g/mol. The molecule has 0 unspecified atom stereocenters. The Hall–Kier alpha value is -1.99. The van der Waals surface area contributed by atoms with E-state index in [9.17, 15) is 19.1 Å². The van der Waals surface area contributed by atoms with Gasteiger partial charge in [0.15, 0.2) is 0 Å². The van der Waals surface area contributed by atoms with E-state index >= 15 is 0 Å². The molecule has 1 fully saturated rings. The van der Waals surface area contributed by atoms with Crippen LogP contribution in [0.4, 0.5) is 10.1 Å². The lowest BCUT2D eigenvalue weighted by atomic mass is 9.99. The molecule has 1 aromatic carbocycles. The minimum Gasteiger partial charge on any atom is -0.394 e. The van der Waals surface area contributed by atoms with E-state index in [1.54, 1.807) is 7.11 Å². The van der Waals surface area contributed by atoms with Gasteiger partial charge in [0.05, 0.1) is 24.3 Å². The second kappa shape index (κ2) is 6.25. The first kappa shape index (κ1) is 15.9. The Balaban J connectivity index is 1.89. The Kier molecular flexibility index (Phi) is 4.32. The summed E-state index contributed by atoms with van der Waals surface area (Å²) in [6, 6.07) is 2.32. The lowest BCUT2D eigenvalue weighted by Gasteiger charge is -2.24. The zero-order chi connectivity index (χ0) is 16.6. The topological polar surface area (TPSA) is 78.9 Å². The SMILES string of the molecule is CO[C@H]1C[C@@H](CO)N(C(=O)c2cc3c(cc2F)NC(=O)CC3)C1. The minimum atomic E-state index is -0.673. The summed E-state index contributed by atoms with van der Waals surface area (Å²) < 4.78 is 19.6. The van der Waals surface area contributed by atoms with Gasteiger partial charge in [0, 0.05) is 25.8 Å². The summed E-state index contributed by atoms with van der Waals surface area (Å²) >= 11 is 0. The lowest BCUT2D eigenvalue weighted by Crippen LogP contribution is -2.38. The molecule has 0 saturated carbocycles. The van der Waals surface area contributed by atoms with Gasteiger partial charge in [0.2, 0.25) is 5.91 Å². The van der Waals surface area contributed by atoms with Gasteiger partial charge in [-0.2, -0.15) is 0 Å². The van der Waals surface area contributed by atoms with E-state index in [1.165, 1.54) is 17.0 Å². The van der Waals surface area contributed by atoms with Crippen molar-refractivity contribution in [3.8, 4) is 0 Å². The van der Waals surface area contributed by atoms with Gasteiger partial charge in [0.1, 0.15) is 5.82 Å². The standard InChI is InChI=1S/C16H19FN2O4/c1-23-11-5-10(8-20)19(7-11)16(22)12-4-9-2-3-15(21)18-14(9)6-13(12)17/h4,6,10-11,20H,2-3,5,7-8H2,1H3,(H,18,21)/t10-,11-/m0/s1. The molecule has 23 heavy (non-hydrogen) atoms. The predicted octanol–water partition coefficient (Wildman–Crippen LogP) is 0.932. The Labute approximate surface area is 133 Å². The van der Waals surface area contributed by atoms with Gasteiger partial charge >= 0.3 is 0 Å². The van der Waals surface area contributed by atoms with Gasteiger partial charge in [-0.15, -0.1) is 0 Å². The van der Waals surface area contributed by atoms with E-state index in [4.69, 9.17) is 4.74 Å². The molecule has 0 bridgehead atoms. The van der Waals surface area contributed by atoms with Crippen LogP contribution in [0.2, 0.25) is 0 Å². The number of nitrogens with zero attached hydrogens (tertiary/aromatic N) is 1. The van der Waals surface area contributed by atoms with E-state index in [2.05, 4.69) is 5.32 Å². The van der Waals surface area contributed by atoms with Crippen LogP contribution in [0.1, 0.15) is 28.8 Å². The van der Waals surface area contributed by atoms with Gasteiger partial charge in [-0.05, 0) is 30.5 Å². The fourth-order valence-electron chi connectivity index (χ4n) is 3.19. The van der Waals surface area contributed by atoms with E-state index in [0.717, 1.165) is 5.56 Å². The van der Waals surface area contributed by atoms with Crippen molar-refractivity contribution >= 4 is 17.5 Å². The maximum Gasteiger partial charge on any atom is 0.257 e. The molecule has 2 atom stereocenters. The lowest BCUT2D eigenvalue weighted by molar-refractivity contribution is -0.116. The van der Waals surface area contributed by atoms with Crippen molar-refractivity contribution in [3.05, 3.63) is 29.1 Å². The van der Waals surface area contributed by atoms with E-state index < -0.39 is 11.7 Å². The number of nitrogens with one attached hydrogen (secondary N) is 1. The molecule has 2 aliphatic rings. The molecule has 124 valence electrons. The average Bonchev–Trinajstić information content (AvgIpc) is 2.97. The number of aliphatic hydroxyl groups excluding tert-OH is 1. The maximum absolute atomic E-state index is 14.3. The number of amides is 2. The largest absolute Gasteiger partial charge is 0.394 e. The Morgan fingerprint density at radius 2 is 2.26 bits per heavy atom. The van der Waals surface area contributed by atoms with Gasteiger partial charge in [-0.1, -0.05) is 0 Å². The second-order valence-electron chi connectivity index (χ2n) is 5.92. The quantitative estimate of drug-likeness (QED) is 0.868. The summed E-state index contributed by atoms with van der Waals surface area (Å²) in [4.78, 5) is 25.5. The third kappa shape index (κ3) is 2.94. The van der Waals surface area contributed by atoms with Crippen LogP contribution >= 0.6 is 0 Å². The molecule has 7 heteroatoms. The molecule has 2 aliphatic heterocycles. The van der Waals surface area contributed by atoms with Gasteiger partial charge in [0.25, 0.3) is 5.91 Å². The first-order valence-corrected chi connectivity index (χ1v) is 7.60. The maximum atomic E-state index is 14.3. The molecular formula is C16H19FN2O4. The van der Waals surface area contributed by atoms with Crippen molar-refractivity contribution in [1.82, 2.24) is 4.90 Å². The van der Waals surface area contributed by atoms with Gasteiger partial charge in [-0.3, -0.25) is 9.59 Å². The number of carbonyl (C=O) groups is 2. The minimum absolute atomic E-state index is 0.0323. The fourth-order valence-corrected chi connectivity index (χ4v) is 3.19. The number of rotatable bonds is 3. The molecule has 1 aromatic rings. The summed E-state index contributed by atoms with van der Waals surface area (Å²) in [7, 11) is 1.55. The smallest absolute Gasteiger partial charge is 0.257 e. The van der Waals surface area contributed by atoms with E-state index in [-0.39, 0.29) is 30.2 Å². The molecule has 2 amide bonds. The number of hydrogen-bond acceptors (Lipinski definition) is 4. The molecule has 0 aliphatic carbocycles. The number of methoxy groups -OCH3 is 1. The van der Waals surface area contributed by atoms with Crippen LogP contribution in [0, 0.1) is 5.82 Å². The highest BCUT2D eigenvalue weighted by Crippen LogP contribution is 2.28. The van der Waals surface area contributed by atoms with Gasteiger partial charge < -0.3 is 20.1 Å². The Morgan fingerprint density at radius 3 is 2.96 bits per heavy atom. The second-order valence-corrected chi connectivity index (χ2v) is 5.92. The van der Waals surface area contributed by atoms with Crippen LogP contribution in [0.5, 0.6) is 0 Å². The highest BCUT2D eigenvalue weighted by atomic mass is 19.1. The Bertz CT molecular complexity index is 649. The van der Waals surface area contributed by atoms with E-state index in [0.29, 0.717) is 31.5 Å². The number of carbonyl (C=O) groups excluding carboxylic acids is 2. The fraction of sp³-hybridized carbons (Fsp3) is 0.500. The highest BCUT2D eigenvalue weighted by Gasteiger charge is 2.36. The van der Waals surface area contributed by atoms with Crippen molar-refractivity contribution in [2.75, 3.05) is 25.6 Å². The molecule has 0 spiro atoms. The van der Waals surface area contributed by atoms with Crippen LogP contribution in [0.25, 0.3) is 0 Å². The highest BCUT2D eigenvalue weighted by molar-refractivity contribution is 5.98. The molecule has 0 radical (unpaired) electrons. The average molecular weight is 322 g/mol. The van der Waals surface area contributed by atoms with Gasteiger partial charge in [-0.25, -0.2) is 4.39 Å². The molecule has 2 heterocycles.